The minimum atomic E-state index is -0.672. The first-order valence-electron chi connectivity index (χ1n) is 6.14. The van der Waals surface area contributed by atoms with Crippen LogP contribution in [0.15, 0.2) is 0 Å². The van der Waals surface area contributed by atoms with Gasteiger partial charge >= 0.3 is 5.97 Å². The van der Waals surface area contributed by atoms with Crippen LogP contribution in [-0.2, 0) is 4.79 Å². The van der Waals surface area contributed by atoms with Gasteiger partial charge in [-0.15, -0.1) is 0 Å². The van der Waals surface area contributed by atoms with E-state index in [1.165, 1.54) is 32.1 Å². The van der Waals surface area contributed by atoms with E-state index in [0.717, 1.165) is 18.4 Å². The van der Waals surface area contributed by atoms with Gasteiger partial charge < -0.3 is 5.11 Å². The molecule has 1 heterocycles. The summed E-state index contributed by atoms with van der Waals surface area (Å²) < 4.78 is 0. The summed E-state index contributed by atoms with van der Waals surface area (Å²) in [6.45, 7) is 3.56. The van der Waals surface area contributed by atoms with Gasteiger partial charge in [-0.2, -0.15) is 0 Å². The van der Waals surface area contributed by atoms with Crippen LogP contribution in [0.2, 0.25) is 0 Å². The monoisotopic (exact) mass is 211 g/mol. The highest BCUT2D eigenvalue weighted by Gasteiger charge is 2.37. The summed E-state index contributed by atoms with van der Waals surface area (Å²) in [7, 11) is 0. The maximum Gasteiger partial charge on any atom is 0.317 e. The van der Waals surface area contributed by atoms with Gasteiger partial charge in [0.2, 0.25) is 0 Å². The zero-order valence-electron chi connectivity index (χ0n) is 9.48. The van der Waals surface area contributed by atoms with Gasteiger partial charge in [-0.05, 0) is 37.6 Å². The molecule has 3 atom stereocenters. The summed E-state index contributed by atoms with van der Waals surface area (Å²) in [5.74, 6) is 0.876. The van der Waals surface area contributed by atoms with E-state index in [9.17, 15) is 4.79 Å². The van der Waals surface area contributed by atoms with Gasteiger partial charge in [0.1, 0.15) is 0 Å². The average molecular weight is 211 g/mol. The van der Waals surface area contributed by atoms with Crippen molar-refractivity contribution in [3.8, 4) is 0 Å². The van der Waals surface area contributed by atoms with Crippen LogP contribution in [0.25, 0.3) is 0 Å². The van der Waals surface area contributed by atoms with E-state index in [1.54, 1.807) is 0 Å². The number of aliphatic carboxylic acids is 1. The summed E-state index contributed by atoms with van der Waals surface area (Å²) in [4.78, 5) is 13.0. The molecule has 0 radical (unpaired) electrons. The number of nitrogens with zero attached hydrogens (tertiary/aromatic N) is 1. The summed E-state index contributed by atoms with van der Waals surface area (Å²) >= 11 is 0. The lowest BCUT2D eigenvalue weighted by atomic mass is 9.72. The van der Waals surface area contributed by atoms with Gasteiger partial charge in [0, 0.05) is 6.04 Å². The molecule has 0 unspecified atom stereocenters. The molecule has 1 saturated carbocycles. The van der Waals surface area contributed by atoms with Crippen LogP contribution in [0.4, 0.5) is 0 Å². The van der Waals surface area contributed by atoms with Crippen LogP contribution in [0.5, 0.6) is 0 Å². The number of hydrogen-bond donors (Lipinski definition) is 1. The Morgan fingerprint density at radius 2 is 2.07 bits per heavy atom. The predicted octanol–water partition coefficient (Wildman–Crippen LogP) is 1.97. The zero-order chi connectivity index (χ0) is 10.8. The second-order valence-corrected chi connectivity index (χ2v) is 5.15. The first kappa shape index (κ1) is 10.9. The van der Waals surface area contributed by atoms with Crippen molar-refractivity contribution in [3.05, 3.63) is 0 Å². The van der Waals surface area contributed by atoms with Crippen molar-refractivity contribution < 1.29 is 9.90 Å². The van der Waals surface area contributed by atoms with E-state index in [0.29, 0.717) is 6.04 Å². The molecule has 2 fully saturated rings. The molecule has 1 aliphatic heterocycles. The van der Waals surface area contributed by atoms with Crippen molar-refractivity contribution in [1.29, 1.82) is 0 Å². The van der Waals surface area contributed by atoms with Crippen molar-refractivity contribution >= 4 is 5.97 Å². The molecular weight excluding hydrogens is 190 g/mol. The number of piperidine rings is 1. The van der Waals surface area contributed by atoms with Crippen molar-refractivity contribution in [2.24, 2.45) is 11.8 Å². The van der Waals surface area contributed by atoms with Crippen molar-refractivity contribution in [2.45, 2.75) is 45.1 Å². The number of carboxylic acids is 1. The van der Waals surface area contributed by atoms with Crippen LogP contribution in [0, 0.1) is 11.8 Å². The van der Waals surface area contributed by atoms with E-state index in [2.05, 4.69) is 11.8 Å². The Morgan fingerprint density at radius 1 is 1.33 bits per heavy atom. The second-order valence-electron chi connectivity index (χ2n) is 5.15. The number of likely N-dealkylation sites (tertiary alicyclic amines) is 1. The van der Waals surface area contributed by atoms with E-state index in [1.807, 2.05) is 0 Å². The molecule has 0 aromatic carbocycles. The third-order valence-corrected chi connectivity index (χ3v) is 4.19. The second kappa shape index (κ2) is 4.52. The fourth-order valence-corrected chi connectivity index (χ4v) is 3.38. The molecule has 15 heavy (non-hydrogen) atoms. The first-order chi connectivity index (χ1) is 7.18. The zero-order valence-corrected chi connectivity index (χ0v) is 9.48. The van der Waals surface area contributed by atoms with E-state index in [-0.39, 0.29) is 6.54 Å². The Hall–Kier alpha value is -0.570. The standard InChI is InChI=1S/C12H21NO2/c1-9-6-7-13(8-12(14)15)11-5-3-2-4-10(9)11/h9-11H,2-8H2,1H3,(H,14,15)/t9-,10+,11+/m1/s1. The quantitative estimate of drug-likeness (QED) is 0.759. The highest BCUT2D eigenvalue weighted by atomic mass is 16.4. The Bertz CT molecular complexity index is 242. The maximum absolute atomic E-state index is 10.8. The largest absolute Gasteiger partial charge is 0.480 e. The lowest BCUT2D eigenvalue weighted by Gasteiger charge is -2.46. The van der Waals surface area contributed by atoms with Crippen LogP contribution >= 0.6 is 0 Å². The summed E-state index contributed by atoms with van der Waals surface area (Å²) in [5, 5.41) is 8.88. The number of rotatable bonds is 2. The van der Waals surface area contributed by atoms with Crippen LogP contribution in [0.3, 0.4) is 0 Å². The Labute approximate surface area is 91.5 Å². The minimum absolute atomic E-state index is 0.244. The third kappa shape index (κ3) is 2.33. The molecule has 2 rings (SSSR count). The topological polar surface area (TPSA) is 40.5 Å². The minimum Gasteiger partial charge on any atom is -0.480 e. The molecule has 0 bridgehead atoms. The van der Waals surface area contributed by atoms with Crippen molar-refractivity contribution in [3.63, 3.8) is 0 Å². The first-order valence-corrected chi connectivity index (χ1v) is 6.14. The molecule has 1 aliphatic carbocycles. The molecular formula is C12H21NO2. The van der Waals surface area contributed by atoms with Gasteiger partial charge in [0.15, 0.2) is 0 Å². The Kier molecular flexibility index (Phi) is 3.29. The smallest absolute Gasteiger partial charge is 0.317 e. The lowest BCUT2D eigenvalue weighted by molar-refractivity contribution is -0.140. The fourth-order valence-electron chi connectivity index (χ4n) is 3.38. The van der Waals surface area contributed by atoms with Crippen molar-refractivity contribution in [1.82, 2.24) is 4.90 Å². The van der Waals surface area contributed by atoms with E-state index >= 15 is 0 Å². The maximum atomic E-state index is 10.8. The van der Waals surface area contributed by atoms with Gasteiger partial charge in [0.25, 0.3) is 0 Å². The number of fused-ring (bicyclic) bond motifs is 1. The van der Waals surface area contributed by atoms with Crippen LogP contribution in [-0.4, -0.2) is 35.1 Å². The number of hydrogen-bond acceptors (Lipinski definition) is 2. The third-order valence-electron chi connectivity index (χ3n) is 4.19. The van der Waals surface area contributed by atoms with Crippen LogP contribution in [0.1, 0.15) is 39.0 Å². The molecule has 2 aliphatic rings. The summed E-state index contributed by atoms with van der Waals surface area (Å²) in [5.41, 5.74) is 0. The SMILES string of the molecule is C[C@@H]1CCN(CC(=O)O)[C@H]2CCCC[C@@H]12. The lowest BCUT2D eigenvalue weighted by Crippen LogP contribution is -2.51. The predicted molar refractivity (Wildman–Crippen MR) is 58.7 cm³/mol. The number of carbonyl (C=O) groups is 1. The molecule has 1 saturated heterocycles. The van der Waals surface area contributed by atoms with E-state index in [4.69, 9.17) is 5.11 Å². The Balaban J connectivity index is 2.03. The molecule has 0 amide bonds. The van der Waals surface area contributed by atoms with Gasteiger partial charge in [-0.1, -0.05) is 19.8 Å². The van der Waals surface area contributed by atoms with Crippen molar-refractivity contribution in [2.75, 3.05) is 13.1 Å². The molecule has 0 aromatic heterocycles. The van der Waals surface area contributed by atoms with Gasteiger partial charge in [0.05, 0.1) is 6.54 Å². The highest BCUT2D eigenvalue weighted by molar-refractivity contribution is 5.69. The van der Waals surface area contributed by atoms with Crippen LogP contribution < -0.4 is 0 Å². The summed E-state index contributed by atoms with van der Waals surface area (Å²) in [6, 6.07) is 0.554. The molecule has 0 aromatic rings. The molecule has 3 heteroatoms. The fraction of sp³-hybridized carbons (Fsp3) is 0.917. The Morgan fingerprint density at radius 3 is 2.80 bits per heavy atom. The average Bonchev–Trinajstić information content (AvgIpc) is 2.22. The van der Waals surface area contributed by atoms with E-state index < -0.39 is 5.97 Å². The van der Waals surface area contributed by atoms with Gasteiger partial charge in [-0.25, -0.2) is 0 Å². The highest BCUT2D eigenvalue weighted by Crippen LogP contribution is 2.38. The van der Waals surface area contributed by atoms with Gasteiger partial charge in [-0.3, -0.25) is 9.69 Å². The summed E-state index contributed by atoms with van der Waals surface area (Å²) in [6.07, 6.45) is 6.31. The molecule has 0 spiro atoms. The molecule has 86 valence electrons. The molecule has 3 nitrogen and oxygen atoms in total. The molecule has 1 N–H and O–H groups in total. The normalized spacial score (nSPS) is 37.3. The number of carboxylic acid groups (broad SMARTS) is 1.